The number of rotatable bonds is 12. The fraction of sp³-hybridized carbons (Fsp3) is 0.261. The monoisotopic (exact) mass is 841 g/mol. The molecule has 0 radical (unpaired) electrons. The molecule has 0 saturated heterocycles. The molecular formula is C46H43N5O9S. The van der Waals surface area contributed by atoms with Crippen LogP contribution in [0.2, 0.25) is 0 Å². The van der Waals surface area contributed by atoms with E-state index in [-0.39, 0.29) is 48.8 Å². The van der Waals surface area contributed by atoms with Gasteiger partial charge >= 0.3 is 0 Å². The Bertz CT molecular complexity index is 2600. The van der Waals surface area contributed by atoms with Crippen LogP contribution < -0.4 is 44.7 Å². The molecule has 0 fully saturated rings. The highest BCUT2D eigenvalue weighted by molar-refractivity contribution is 7.80. The molecular weight excluding hydrogens is 799 g/mol. The second kappa shape index (κ2) is 16.4. The van der Waals surface area contributed by atoms with Gasteiger partial charge in [-0.1, -0.05) is 36.4 Å². The van der Waals surface area contributed by atoms with Crippen molar-refractivity contribution in [2.75, 3.05) is 45.7 Å². The predicted molar refractivity (Wildman–Crippen MR) is 233 cm³/mol. The van der Waals surface area contributed by atoms with Crippen LogP contribution in [0.4, 0.5) is 28.4 Å². The van der Waals surface area contributed by atoms with E-state index >= 15 is 0 Å². The largest absolute Gasteiger partial charge is 0.493 e. The molecule has 0 aliphatic carbocycles. The zero-order valence-electron chi connectivity index (χ0n) is 33.4. The standard InChI is InChI=1S/C46H43N5O9S/c1-57-38-19-30-32(48-43(53)36-17-27-8-3-5-10-34(27)50(36)45(30)55)21-40(38)59-23-25-14-26(16-29(15-25)47-42(52)12-7-13-61)24-60-41-22-33-31(20-39(41)58-2)46(56)51-35-11-6-4-9-28(35)18-37(51)44(54)49-33/h3-6,8-11,14-16,19-22,36-37,43,48,53,61H,7,12-13,17-18,23-24H2,1-2H3,(H,47,52)(H,49,54)/t36-,37-,43?/m0/s1. The van der Waals surface area contributed by atoms with Gasteiger partial charge in [0.15, 0.2) is 23.0 Å². The maximum atomic E-state index is 14.0. The van der Waals surface area contributed by atoms with Crippen LogP contribution in [0.15, 0.2) is 91.0 Å². The summed E-state index contributed by atoms with van der Waals surface area (Å²) in [5, 5.41) is 20.3. The van der Waals surface area contributed by atoms with E-state index in [2.05, 4.69) is 28.6 Å². The number of carbonyl (C=O) groups is 4. The fourth-order valence-electron chi connectivity index (χ4n) is 8.53. The third-order valence-corrected chi connectivity index (χ3v) is 11.7. The Morgan fingerprint density at radius 2 is 1.33 bits per heavy atom. The molecule has 3 atom stereocenters. The van der Waals surface area contributed by atoms with Crippen molar-refractivity contribution in [3.8, 4) is 23.0 Å². The molecule has 61 heavy (non-hydrogen) atoms. The Kier molecular flexibility index (Phi) is 10.7. The number of aliphatic hydroxyl groups excluding tert-OH is 1. The van der Waals surface area contributed by atoms with Crippen molar-refractivity contribution in [3.63, 3.8) is 0 Å². The van der Waals surface area contributed by atoms with Crippen LogP contribution in [-0.4, -0.2) is 67.0 Å². The van der Waals surface area contributed by atoms with Crippen molar-refractivity contribution < 1.29 is 43.2 Å². The second-order valence-electron chi connectivity index (χ2n) is 15.3. The van der Waals surface area contributed by atoms with Crippen LogP contribution >= 0.6 is 12.6 Å². The normalized spacial score (nSPS) is 18.2. The van der Waals surface area contributed by atoms with Crippen molar-refractivity contribution >= 4 is 64.7 Å². The summed E-state index contributed by atoms with van der Waals surface area (Å²) in [6, 6.07) is 25.8. The van der Waals surface area contributed by atoms with E-state index in [9.17, 15) is 24.3 Å². The first kappa shape index (κ1) is 39.7. The maximum absolute atomic E-state index is 14.0. The van der Waals surface area contributed by atoms with Crippen LogP contribution in [0, 0.1) is 0 Å². The van der Waals surface area contributed by atoms with Gasteiger partial charge in [0.25, 0.3) is 11.8 Å². The topological polar surface area (TPSA) is 168 Å². The lowest BCUT2D eigenvalue weighted by Crippen LogP contribution is -2.45. The smallest absolute Gasteiger partial charge is 0.261 e. The van der Waals surface area contributed by atoms with E-state index in [1.54, 1.807) is 46.2 Å². The second-order valence-corrected chi connectivity index (χ2v) is 15.7. The minimum absolute atomic E-state index is 0.0133. The van der Waals surface area contributed by atoms with Gasteiger partial charge < -0.3 is 44.9 Å². The number of hydrogen-bond donors (Lipinski definition) is 5. The van der Waals surface area contributed by atoms with Crippen LogP contribution in [-0.2, 0) is 35.6 Å². The first-order valence-electron chi connectivity index (χ1n) is 20.0. The van der Waals surface area contributed by atoms with Gasteiger partial charge in [-0.25, -0.2) is 0 Å². The van der Waals surface area contributed by atoms with Crippen molar-refractivity contribution in [1.29, 1.82) is 0 Å². The molecule has 4 aliphatic heterocycles. The molecule has 1 unspecified atom stereocenters. The molecule has 4 N–H and O–H groups in total. The number of fused-ring (bicyclic) bond motifs is 8. The Balaban J connectivity index is 0.976. The molecule has 4 aliphatic rings. The minimum atomic E-state index is -1.05. The molecule has 5 aromatic rings. The van der Waals surface area contributed by atoms with Crippen molar-refractivity contribution in [2.24, 2.45) is 0 Å². The summed E-state index contributed by atoms with van der Waals surface area (Å²) in [5.41, 5.74) is 6.55. The number of para-hydroxylation sites is 2. The number of nitrogens with zero attached hydrogens (tertiary/aromatic N) is 2. The highest BCUT2D eigenvalue weighted by Gasteiger charge is 2.43. The van der Waals surface area contributed by atoms with Gasteiger partial charge in [0.05, 0.1) is 42.8 Å². The van der Waals surface area contributed by atoms with Gasteiger partial charge in [-0.15, -0.1) is 0 Å². The SMILES string of the molecule is COc1cc2c(cc1OCc1cc(COc3cc4c(cc3OC)C(=O)N3c5ccccc5C[C@H]3C(O)N4)cc(NC(=O)CCCS)c1)NC(=O)[C@@H]1Cc3ccccc3N1C2=O. The predicted octanol–water partition coefficient (Wildman–Crippen LogP) is 6.35. The fourth-order valence-corrected chi connectivity index (χ4v) is 8.69. The molecule has 5 aromatic carbocycles. The summed E-state index contributed by atoms with van der Waals surface area (Å²) in [6.07, 6.45) is 0.745. The van der Waals surface area contributed by atoms with Gasteiger partial charge in [-0.2, -0.15) is 12.6 Å². The summed E-state index contributed by atoms with van der Waals surface area (Å²) in [7, 11) is 2.97. The van der Waals surface area contributed by atoms with Crippen LogP contribution in [0.25, 0.3) is 0 Å². The Morgan fingerprint density at radius 1 is 0.754 bits per heavy atom. The van der Waals surface area contributed by atoms with Gasteiger partial charge in [-0.3, -0.25) is 24.1 Å². The van der Waals surface area contributed by atoms with Gasteiger partial charge in [0.2, 0.25) is 11.8 Å². The molecule has 4 amide bonds. The number of aliphatic hydroxyl groups is 1. The van der Waals surface area contributed by atoms with E-state index in [0.29, 0.717) is 87.5 Å². The molecule has 0 bridgehead atoms. The summed E-state index contributed by atoms with van der Waals surface area (Å²) < 4.78 is 24.1. The summed E-state index contributed by atoms with van der Waals surface area (Å²) in [4.78, 5) is 57.5. The highest BCUT2D eigenvalue weighted by atomic mass is 32.1. The molecule has 0 spiro atoms. The molecule has 14 nitrogen and oxygen atoms in total. The number of amides is 4. The third-order valence-electron chi connectivity index (χ3n) is 11.4. The van der Waals surface area contributed by atoms with E-state index in [1.807, 2.05) is 54.6 Å². The first-order chi connectivity index (χ1) is 29.6. The molecule has 4 heterocycles. The van der Waals surface area contributed by atoms with E-state index < -0.39 is 18.3 Å². The van der Waals surface area contributed by atoms with Crippen LogP contribution in [0.1, 0.15) is 55.8 Å². The van der Waals surface area contributed by atoms with Crippen LogP contribution in [0.3, 0.4) is 0 Å². The summed E-state index contributed by atoms with van der Waals surface area (Å²) >= 11 is 4.24. The van der Waals surface area contributed by atoms with E-state index in [1.165, 1.54) is 14.2 Å². The highest BCUT2D eigenvalue weighted by Crippen LogP contribution is 2.43. The van der Waals surface area contributed by atoms with Gasteiger partial charge in [-0.05, 0) is 83.3 Å². The van der Waals surface area contributed by atoms with Crippen molar-refractivity contribution in [2.45, 2.75) is 57.2 Å². The van der Waals surface area contributed by atoms with Crippen molar-refractivity contribution in [1.82, 2.24) is 0 Å². The number of ether oxygens (including phenoxy) is 4. The minimum Gasteiger partial charge on any atom is -0.493 e. The number of thiol groups is 1. The number of benzene rings is 5. The first-order valence-corrected chi connectivity index (χ1v) is 20.6. The average Bonchev–Trinajstić information content (AvgIpc) is 3.81. The number of hydrogen-bond acceptors (Lipinski definition) is 11. The quantitative estimate of drug-likeness (QED) is 0.0894. The zero-order valence-corrected chi connectivity index (χ0v) is 34.3. The Labute approximate surface area is 357 Å². The van der Waals surface area contributed by atoms with Crippen LogP contribution in [0.5, 0.6) is 23.0 Å². The molecule has 9 rings (SSSR count). The average molecular weight is 842 g/mol. The lowest BCUT2D eigenvalue weighted by molar-refractivity contribution is -0.117. The summed E-state index contributed by atoms with van der Waals surface area (Å²) in [6.45, 7) is 0.0393. The number of nitrogens with one attached hydrogen (secondary N) is 3. The van der Waals surface area contributed by atoms with E-state index in [4.69, 9.17) is 18.9 Å². The third kappa shape index (κ3) is 7.44. The zero-order chi connectivity index (χ0) is 42.4. The Hall–Kier alpha value is -6.71. The molecule has 15 heteroatoms. The number of carbonyl (C=O) groups excluding carboxylic acids is 4. The lowest BCUT2D eigenvalue weighted by Gasteiger charge is -2.26. The molecule has 0 aromatic heterocycles. The van der Waals surface area contributed by atoms with Gasteiger partial charge in [0.1, 0.15) is 25.5 Å². The van der Waals surface area contributed by atoms with Gasteiger partial charge in [0, 0.05) is 42.0 Å². The number of methoxy groups -OCH3 is 2. The number of anilines is 5. The summed E-state index contributed by atoms with van der Waals surface area (Å²) in [5.74, 6) is 0.719. The molecule has 0 saturated carbocycles. The molecule has 312 valence electrons. The Morgan fingerprint density at radius 3 is 1.97 bits per heavy atom. The lowest BCUT2D eigenvalue weighted by atomic mass is 10.1. The van der Waals surface area contributed by atoms with E-state index in [0.717, 1.165) is 16.8 Å². The van der Waals surface area contributed by atoms with Crippen molar-refractivity contribution in [3.05, 3.63) is 124 Å². The maximum Gasteiger partial charge on any atom is 0.261 e.